The minimum absolute atomic E-state index is 0.0915. The fraction of sp³-hybridized carbons (Fsp3) is 0.667. The lowest BCUT2D eigenvalue weighted by Gasteiger charge is -2.29. The number of carbonyl (C=O) groups excluding carboxylic acids is 1. The lowest BCUT2D eigenvalue weighted by atomic mass is 9.93. The van der Waals surface area contributed by atoms with Gasteiger partial charge < -0.3 is 10.1 Å². The highest BCUT2D eigenvalue weighted by Crippen LogP contribution is 2.30. The van der Waals surface area contributed by atoms with Gasteiger partial charge in [-0.1, -0.05) is 25.7 Å². The van der Waals surface area contributed by atoms with Crippen molar-refractivity contribution in [3.63, 3.8) is 0 Å². The molecule has 1 N–H and O–H groups in total. The molecule has 0 atom stereocenters. The van der Waals surface area contributed by atoms with Crippen molar-refractivity contribution in [3.05, 3.63) is 17.0 Å². The van der Waals surface area contributed by atoms with Crippen LogP contribution in [-0.2, 0) is 25.9 Å². The first-order chi connectivity index (χ1) is 10.4. The number of hydrogen-bond acceptors (Lipinski definition) is 5. The van der Waals surface area contributed by atoms with E-state index in [-0.39, 0.29) is 5.91 Å². The van der Waals surface area contributed by atoms with E-state index in [1.54, 1.807) is 19.2 Å². The first kappa shape index (κ1) is 17.4. The SMILES string of the molecule is COC1(C(=O)NCc2ccc(S(C)(=O)=O)s2)CCCCCC1. The molecule has 0 spiro atoms. The maximum atomic E-state index is 12.5. The summed E-state index contributed by atoms with van der Waals surface area (Å²) in [5.41, 5.74) is -0.729. The normalized spacial score (nSPS) is 18.6. The van der Waals surface area contributed by atoms with Gasteiger partial charge in [0.25, 0.3) is 5.91 Å². The Morgan fingerprint density at radius 3 is 2.41 bits per heavy atom. The van der Waals surface area contributed by atoms with Gasteiger partial charge in [0.15, 0.2) is 9.84 Å². The molecular formula is C15H23NO4S2. The second kappa shape index (κ2) is 7.10. The summed E-state index contributed by atoms with van der Waals surface area (Å²) >= 11 is 1.20. The molecule has 0 saturated heterocycles. The van der Waals surface area contributed by atoms with Crippen molar-refractivity contribution >= 4 is 27.1 Å². The Kier molecular flexibility index (Phi) is 5.63. The second-order valence-corrected chi connectivity index (χ2v) is 9.20. The van der Waals surface area contributed by atoms with Gasteiger partial charge in [-0.05, 0) is 25.0 Å². The zero-order valence-electron chi connectivity index (χ0n) is 13.1. The zero-order valence-corrected chi connectivity index (χ0v) is 14.7. The van der Waals surface area contributed by atoms with Crippen LogP contribution in [-0.4, -0.2) is 33.3 Å². The summed E-state index contributed by atoms with van der Waals surface area (Å²) in [5.74, 6) is -0.0915. The van der Waals surface area contributed by atoms with Crippen molar-refractivity contribution in [2.45, 2.75) is 54.9 Å². The Morgan fingerprint density at radius 1 is 1.27 bits per heavy atom. The third-order valence-corrected chi connectivity index (χ3v) is 7.05. The molecule has 1 aliphatic carbocycles. The van der Waals surface area contributed by atoms with Gasteiger partial charge in [-0.15, -0.1) is 11.3 Å². The van der Waals surface area contributed by atoms with E-state index in [9.17, 15) is 13.2 Å². The van der Waals surface area contributed by atoms with E-state index < -0.39 is 15.4 Å². The van der Waals surface area contributed by atoms with E-state index in [0.717, 1.165) is 43.4 Å². The van der Waals surface area contributed by atoms with E-state index in [1.165, 1.54) is 17.6 Å². The van der Waals surface area contributed by atoms with Crippen LogP contribution in [0.5, 0.6) is 0 Å². The predicted molar refractivity (Wildman–Crippen MR) is 86.7 cm³/mol. The van der Waals surface area contributed by atoms with E-state index in [0.29, 0.717) is 10.8 Å². The third kappa shape index (κ3) is 4.08. The second-order valence-electron chi connectivity index (χ2n) is 5.79. The first-order valence-corrected chi connectivity index (χ1v) is 10.2. The topological polar surface area (TPSA) is 72.5 Å². The quantitative estimate of drug-likeness (QED) is 0.832. The van der Waals surface area contributed by atoms with Crippen molar-refractivity contribution < 1.29 is 17.9 Å². The molecule has 1 aromatic heterocycles. The van der Waals surface area contributed by atoms with Gasteiger partial charge in [-0.2, -0.15) is 0 Å². The molecule has 2 rings (SSSR count). The summed E-state index contributed by atoms with van der Waals surface area (Å²) in [5, 5.41) is 2.90. The molecule has 1 fully saturated rings. The summed E-state index contributed by atoms with van der Waals surface area (Å²) in [7, 11) is -1.59. The number of methoxy groups -OCH3 is 1. The highest BCUT2D eigenvalue weighted by atomic mass is 32.2. The molecule has 0 radical (unpaired) electrons. The summed E-state index contributed by atoms with van der Waals surface area (Å²) < 4.78 is 28.8. The van der Waals surface area contributed by atoms with E-state index in [1.807, 2.05) is 0 Å². The summed E-state index contributed by atoms with van der Waals surface area (Å²) in [6, 6.07) is 3.33. The van der Waals surface area contributed by atoms with Gasteiger partial charge in [0.1, 0.15) is 9.81 Å². The molecule has 1 aliphatic rings. The predicted octanol–water partition coefficient (Wildman–Crippen LogP) is 2.51. The van der Waals surface area contributed by atoms with Crippen molar-refractivity contribution in [2.24, 2.45) is 0 Å². The minimum atomic E-state index is -3.18. The fourth-order valence-electron chi connectivity index (χ4n) is 2.80. The molecular weight excluding hydrogens is 322 g/mol. The molecule has 7 heteroatoms. The molecule has 124 valence electrons. The minimum Gasteiger partial charge on any atom is -0.368 e. The molecule has 5 nitrogen and oxygen atoms in total. The number of hydrogen-bond donors (Lipinski definition) is 1. The number of nitrogens with one attached hydrogen (secondary N) is 1. The molecule has 1 heterocycles. The number of rotatable bonds is 5. The van der Waals surface area contributed by atoms with Crippen LogP contribution >= 0.6 is 11.3 Å². The van der Waals surface area contributed by atoms with Crippen molar-refractivity contribution in [1.82, 2.24) is 5.32 Å². The third-order valence-electron chi connectivity index (χ3n) is 4.14. The van der Waals surface area contributed by atoms with Crippen LogP contribution in [0.4, 0.5) is 0 Å². The first-order valence-electron chi connectivity index (χ1n) is 7.50. The fourth-order valence-corrected chi connectivity index (χ4v) is 4.72. The smallest absolute Gasteiger partial charge is 0.252 e. The molecule has 1 amide bonds. The molecule has 0 bridgehead atoms. The Labute approximate surface area is 136 Å². The van der Waals surface area contributed by atoms with Crippen LogP contribution < -0.4 is 5.32 Å². The molecule has 22 heavy (non-hydrogen) atoms. The number of amides is 1. The van der Waals surface area contributed by atoms with E-state index >= 15 is 0 Å². The van der Waals surface area contributed by atoms with Gasteiger partial charge in [0, 0.05) is 18.2 Å². The number of sulfone groups is 1. The van der Waals surface area contributed by atoms with Crippen molar-refractivity contribution in [3.8, 4) is 0 Å². The van der Waals surface area contributed by atoms with Crippen molar-refractivity contribution in [1.29, 1.82) is 0 Å². The van der Waals surface area contributed by atoms with Crippen LogP contribution in [0.2, 0.25) is 0 Å². The van der Waals surface area contributed by atoms with Crippen LogP contribution in [0, 0.1) is 0 Å². The van der Waals surface area contributed by atoms with Crippen LogP contribution in [0.3, 0.4) is 0 Å². The zero-order chi connectivity index (χ0) is 16.2. The Balaban J connectivity index is 2.00. The van der Waals surface area contributed by atoms with Gasteiger partial charge >= 0.3 is 0 Å². The van der Waals surface area contributed by atoms with Gasteiger partial charge in [-0.25, -0.2) is 8.42 Å². The largest absolute Gasteiger partial charge is 0.368 e. The number of ether oxygens (including phenoxy) is 1. The standard InChI is InChI=1S/C15H23NO4S2/c1-20-15(9-5-3-4-6-10-15)14(17)16-11-12-7-8-13(21-12)22(2,18)19/h7-8H,3-6,9-11H2,1-2H3,(H,16,17). The maximum absolute atomic E-state index is 12.5. The van der Waals surface area contributed by atoms with E-state index in [4.69, 9.17) is 4.74 Å². The van der Waals surface area contributed by atoms with Gasteiger partial charge in [0.2, 0.25) is 0 Å². The lowest BCUT2D eigenvalue weighted by Crippen LogP contribution is -2.47. The Morgan fingerprint density at radius 2 is 1.91 bits per heavy atom. The Hall–Kier alpha value is -0.920. The van der Waals surface area contributed by atoms with Gasteiger partial charge in [-0.3, -0.25) is 4.79 Å². The number of thiophene rings is 1. The summed E-state index contributed by atoms with van der Waals surface area (Å²) in [6.07, 6.45) is 6.95. The van der Waals surface area contributed by atoms with Gasteiger partial charge in [0.05, 0.1) is 6.54 Å². The van der Waals surface area contributed by atoms with Crippen molar-refractivity contribution in [2.75, 3.05) is 13.4 Å². The molecule has 0 unspecified atom stereocenters. The highest BCUT2D eigenvalue weighted by molar-refractivity contribution is 7.92. The average Bonchev–Trinajstić information content (AvgIpc) is 2.82. The summed E-state index contributed by atoms with van der Waals surface area (Å²) in [4.78, 5) is 13.4. The monoisotopic (exact) mass is 345 g/mol. The highest BCUT2D eigenvalue weighted by Gasteiger charge is 2.38. The molecule has 1 saturated carbocycles. The molecule has 0 aromatic carbocycles. The van der Waals surface area contributed by atoms with Crippen LogP contribution in [0.1, 0.15) is 43.4 Å². The maximum Gasteiger partial charge on any atom is 0.252 e. The van der Waals surface area contributed by atoms with Crippen LogP contribution in [0.15, 0.2) is 16.3 Å². The van der Waals surface area contributed by atoms with Crippen LogP contribution in [0.25, 0.3) is 0 Å². The molecule has 1 aromatic rings. The molecule has 0 aliphatic heterocycles. The Bertz CT molecular complexity index is 613. The average molecular weight is 345 g/mol. The summed E-state index contributed by atoms with van der Waals surface area (Å²) in [6.45, 7) is 0.337. The number of carbonyl (C=O) groups is 1. The van der Waals surface area contributed by atoms with E-state index in [2.05, 4.69) is 5.32 Å². The lowest BCUT2D eigenvalue weighted by molar-refractivity contribution is -0.145.